The lowest BCUT2D eigenvalue weighted by molar-refractivity contribution is 0.0520. The molecule has 3 aromatic rings. The molecule has 0 aliphatic heterocycles. The van der Waals surface area contributed by atoms with E-state index < -0.39 is 5.97 Å². The summed E-state index contributed by atoms with van der Waals surface area (Å²) >= 11 is 0. The number of nitrogens with zero attached hydrogens (tertiary/aromatic N) is 5. The summed E-state index contributed by atoms with van der Waals surface area (Å²) in [4.78, 5) is 20.1. The molecule has 0 saturated heterocycles. The Labute approximate surface area is 114 Å². The average molecular weight is 271 g/mol. The van der Waals surface area contributed by atoms with E-state index in [9.17, 15) is 4.79 Å². The molecule has 7 nitrogen and oxygen atoms in total. The Morgan fingerprint density at radius 3 is 2.80 bits per heavy atom. The summed E-state index contributed by atoms with van der Waals surface area (Å²) in [5, 5.41) is 4.14. The Morgan fingerprint density at radius 1 is 1.30 bits per heavy atom. The van der Waals surface area contributed by atoms with Gasteiger partial charge in [-0.05, 0) is 19.1 Å². The summed E-state index contributed by atoms with van der Waals surface area (Å²) in [7, 11) is 1.85. The van der Waals surface area contributed by atoms with Crippen LogP contribution in [0.4, 0.5) is 0 Å². The number of imidazole rings is 1. The van der Waals surface area contributed by atoms with E-state index in [0.717, 1.165) is 11.4 Å². The number of fused-ring (bicyclic) bond motifs is 1. The molecule has 0 bridgehead atoms. The van der Waals surface area contributed by atoms with Crippen molar-refractivity contribution in [1.29, 1.82) is 0 Å². The maximum atomic E-state index is 11.7. The lowest BCUT2D eigenvalue weighted by Crippen LogP contribution is -2.04. The van der Waals surface area contributed by atoms with Crippen molar-refractivity contribution in [3.8, 4) is 11.4 Å². The average Bonchev–Trinajstić information content (AvgIpc) is 3.04. The topological polar surface area (TPSA) is 74.3 Å². The van der Waals surface area contributed by atoms with Crippen LogP contribution in [0.15, 0.2) is 30.7 Å². The van der Waals surface area contributed by atoms with E-state index in [1.165, 1.54) is 0 Å². The maximum Gasteiger partial charge on any atom is 0.358 e. The molecule has 3 heterocycles. The van der Waals surface area contributed by atoms with E-state index in [0.29, 0.717) is 12.4 Å². The number of esters is 1. The van der Waals surface area contributed by atoms with Crippen molar-refractivity contribution in [1.82, 2.24) is 24.1 Å². The van der Waals surface area contributed by atoms with Crippen LogP contribution in [0.5, 0.6) is 0 Å². The number of rotatable bonds is 3. The van der Waals surface area contributed by atoms with Crippen molar-refractivity contribution in [3.63, 3.8) is 0 Å². The highest BCUT2D eigenvalue weighted by molar-refractivity contribution is 5.88. The molecule has 0 fully saturated rings. The molecular weight excluding hydrogens is 258 g/mol. The molecule has 0 radical (unpaired) electrons. The number of carbonyl (C=O) groups is 1. The SMILES string of the molecule is CCOC(=O)c1cn2c(-c3ccnn3C)ccnc2n1. The summed E-state index contributed by atoms with van der Waals surface area (Å²) < 4.78 is 8.45. The predicted molar refractivity (Wildman–Crippen MR) is 71.1 cm³/mol. The lowest BCUT2D eigenvalue weighted by Gasteiger charge is -2.04. The number of aryl methyl sites for hydroxylation is 1. The van der Waals surface area contributed by atoms with Gasteiger partial charge in [-0.2, -0.15) is 5.10 Å². The van der Waals surface area contributed by atoms with E-state index in [1.807, 2.05) is 19.2 Å². The summed E-state index contributed by atoms with van der Waals surface area (Å²) in [6.07, 6.45) is 4.99. The Kier molecular flexibility index (Phi) is 2.94. The summed E-state index contributed by atoms with van der Waals surface area (Å²) in [6.45, 7) is 2.07. The van der Waals surface area contributed by atoms with E-state index >= 15 is 0 Å². The Morgan fingerprint density at radius 2 is 2.10 bits per heavy atom. The van der Waals surface area contributed by atoms with Crippen molar-refractivity contribution in [2.24, 2.45) is 7.05 Å². The van der Waals surface area contributed by atoms with Crippen molar-refractivity contribution < 1.29 is 9.53 Å². The first-order valence-electron chi connectivity index (χ1n) is 6.20. The lowest BCUT2D eigenvalue weighted by atomic mass is 10.3. The number of ether oxygens (including phenoxy) is 1. The summed E-state index contributed by atoms with van der Waals surface area (Å²) in [6, 6.07) is 3.74. The molecule has 0 N–H and O–H groups in total. The molecule has 0 spiro atoms. The highest BCUT2D eigenvalue weighted by atomic mass is 16.5. The third-order valence-electron chi connectivity index (χ3n) is 2.94. The van der Waals surface area contributed by atoms with Gasteiger partial charge in [-0.3, -0.25) is 9.08 Å². The Balaban J connectivity index is 2.15. The first-order valence-corrected chi connectivity index (χ1v) is 6.20. The van der Waals surface area contributed by atoms with Crippen molar-refractivity contribution in [2.45, 2.75) is 6.92 Å². The van der Waals surface area contributed by atoms with Gasteiger partial charge in [-0.1, -0.05) is 0 Å². The monoisotopic (exact) mass is 271 g/mol. The number of aromatic nitrogens is 5. The van der Waals surface area contributed by atoms with Crippen LogP contribution in [-0.2, 0) is 11.8 Å². The minimum Gasteiger partial charge on any atom is -0.461 e. The molecule has 0 aliphatic rings. The van der Waals surface area contributed by atoms with Crippen LogP contribution < -0.4 is 0 Å². The summed E-state index contributed by atoms with van der Waals surface area (Å²) in [5.74, 6) is 0.000657. The quantitative estimate of drug-likeness (QED) is 0.671. The van der Waals surface area contributed by atoms with Crippen LogP contribution in [0.1, 0.15) is 17.4 Å². The molecule has 0 aliphatic carbocycles. The van der Waals surface area contributed by atoms with Gasteiger partial charge in [0.2, 0.25) is 5.78 Å². The molecule has 0 amide bonds. The van der Waals surface area contributed by atoms with Gasteiger partial charge in [0.1, 0.15) is 0 Å². The minimum absolute atomic E-state index is 0.244. The third kappa shape index (κ3) is 1.93. The van der Waals surface area contributed by atoms with E-state index in [1.54, 1.807) is 34.6 Å². The number of hydrogen-bond donors (Lipinski definition) is 0. The van der Waals surface area contributed by atoms with Gasteiger partial charge in [0.15, 0.2) is 5.69 Å². The van der Waals surface area contributed by atoms with E-state index in [4.69, 9.17) is 4.74 Å². The van der Waals surface area contributed by atoms with Crippen LogP contribution >= 0.6 is 0 Å². The van der Waals surface area contributed by atoms with Gasteiger partial charge < -0.3 is 4.74 Å². The van der Waals surface area contributed by atoms with E-state index in [-0.39, 0.29) is 5.69 Å². The van der Waals surface area contributed by atoms with Gasteiger partial charge in [0, 0.05) is 25.6 Å². The van der Waals surface area contributed by atoms with Gasteiger partial charge >= 0.3 is 5.97 Å². The standard InChI is InChI=1S/C13H13N5O2/c1-3-20-12(19)9-8-18-11(4-6-14-13(18)16-9)10-5-7-15-17(10)2/h4-8H,3H2,1-2H3. The molecule has 3 aromatic heterocycles. The zero-order valence-electron chi connectivity index (χ0n) is 11.1. The van der Waals surface area contributed by atoms with Crippen molar-refractivity contribution >= 4 is 11.7 Å². The van der Waals surface area contributed by atoms with Crippen LogP contribution in [-0.4, -0.2) is 36.7 Å². The van der Waals surface area contributed by atoms with Gasteiger partial charge in [-0.25, -0.2) is 14.8 Å². The van der Waals surface area contributed by atoms with Gasteiger partial charge in [-0.15, -0.1) is 0 Å². The first kappa shape index (κ1) is 12.3. The largest absolute Gasteiger partial charge is 0.461 e. The Hall–Kier alpha value is -2.70. The first-order chi connectivity index (χ1) is 9.70. The molecular formula is C13H13N5O2. The highest BCUT2D eigenvalue weighted by Gasteiger charge is 2.15. The minimum atomic E-state index is -0.450. The van der Waals surface area contributed by atoms with Gasteiger partial charge in [0.05, 0.1) is 18.0 Å². The Bertz CT molecular complexity index is 774. The maximum absolute atomic E-state index is 11.7. The van der Waals surface area contributed by atoms with Crippen LogP contribution in [0, 0.1) is 0 Å². The zero-order valence-corrected chi connectivity index (χ0v) is 11.1. The zero-order chi connectivity index (χ0) is 14.1. The van der Waals surface area contributed by atoms with Gasteiger partial charge in [0.25, 0.3) is 0 Å². The smallest absolute Gasteiger partial charge is 0.358 e. The molecule has 102 valence electrons. The molecule has 0 aromatic carbocycles. The fourth-order valence-electron chi connectivity index (χ4n) is 2.03. The number of hydrogen-bond acceptors (Lipinski definition) is 5. The van der Waals surface area contributed by atoms with Crippen LogP contribution in [0.25, 0.3) is 17.2 Å². The molecule has 0 unspecified atom stereocenters. The fraction of sp³-hybridized carbons (Fsp3) is 0.231. The summed E-state index contributed by atoms with van der Waals surface area (Å²) in [5.41, 5.74) is 2.01. The normalized spacial score (nSPS) is 10.9. The van der Waals surface area contributed by atoms with E-state index in [2.05, 4.69) is 15.1 Å². The van der Waals surface area contributed by atoms with Crippen molar-refractivity contribution in [2.75, 3.05) is 6.61 Å². The molecule has 20 heavy (non-hydrogen) atoms. The van der Waals surface area contributed by atoms with Crippen LogP contribution in [0.2, 0.25) is 0 Å². The second-order valence-electron chi connectivity index (χ2n) is 4.19. The fourth-order valence-corrected chi connectivity index (χ4v) is 2.03. The number of carbonyl (C=O) groups excluding carboxylic acids is 1. The molecule has 0 atom stereocenters. The highest BCUT2D eigenvalue weighted by Crippen LogP contribution is 2.19. The second kappa shape index (κ2) is 4.76. The molecule has 0 saturated carbocycles. The molecule has 3 rings (SSSR count). The third-order valence-corrected chi connectivity index (χ3v) is 2.94. The van der Waals surface area contributed by atoms with Crippen LogP contribution in [0.3, 0.4) is 0 Å². The predicted octanol–water partition coefficient (Wildman–Crippen LogP) is 1.31. The van der Waals surface area contributed by atoms with Crippen molar-refractivity contribution in [3.05, 3.63) is 36.4 Å². The molecule has 7 heteroatoms. The second-order valence-corrected chi connectivity index (χ2v) is 4.19.